The Morgan fingerprint density at radius 2 is 2.08 bits per heavy atom. The predicted octanol–water partition coefficient (Wildman–Crippen LogP) is 2.32. The van der Waals surface area contributed by atoms with E-state index in [1.54, 1.807) is 0 Å². The van der Waals surface area contributed by atoms with Gasteiger partial charge >= 0.3 is 0 Å². The van der Waals surface area contributed by atoms with Crippen LogP contribution in [0.2, 0.25) is 0 Å². The molecule has 13 heavy (non-hydrogen) atoms. The first-order chi connectivity index (χ1) is 6.36. The van der Waals surface area contributed by atoms with Crippen LogP contribution in [0, 0.1) is 0 Å². The number of furan rings is 1. The number of fused-ring (bicyclic) bond motifs is 1. The molecule has 0 unspecified atom stereocenters. The third-order valence-electron chi connectivity index (χ3n) is 2.13. The summed E-state index contributed by atoms with van der Waals surface area (Å²) in [5, 5.41) is 1.11. The maximum Gasteiger partial charge on any atom is 0.134 e. The largest absolute Gasteiger partial charge is 0.460 e. The first-order valence-electron chi connectivity index (χ1n) is 4.17. The Hall–Kier alpha value is -0.930. The van der Waals surface area contributed by atoms with Gasteiger partial charge in [-0.25, -0.2) is 0 Å². The number of rotatable bonds is 2. The molecule has 0 bridgehead atoms. The lowest BCUT2D eigenvalue weighted by Gasteiger charge is -1.93. The quantitative estimate of drug-likeness (QED) is 0.718. The van der Waals surface area contributed by atoms with Gasteiger partial charge < -0.3 is 10.2 Å². The number of nitrogens with two attached hydrogens (primary N) is 1. The van der Waals surface area contributed by atoms with Crippen LogP contribution < -0.4 is 5.73 Å². The van der Waals surface area contributed by atoms with Gasteiger partial charge in [0.05, 0.1) is 0 Å². The lowest BCUT2D eigenvalue weighted by Crippen LogP contribution is -1.97. The fraction of sp³-hybridized carbons (Fsp3) is 0.200. The molecule has 0 atom stereocenters. The van der Waals surface area contributed by atoms with Crippen molar-refractivity contribution in [2.45, 2.75) is 12.3 Å². The highest BCUT2D eigenvalue weighted by atomic mass is 32.1. The van der Waals surface area contributed by atoms with E-state index in [1.807, 2.05) is 24.3 Å². The van der Waals surface area contributed by atoms with Crippen molar-refractivity contribution in [3.63, 3.8) is 0 Å². The first kappa shape index (κ1) is 8.66. The van der Waals surface area contributed by atoms with E-state index in [-0.39, 0.29) is 0 Å². The molecule has 0 saturated carbocycles. The summed E-state index contributed by atoms with van der Waals surface area (Å²) in [5.41, 5.74) is 7.61. The van der Waals surface area contributed by atoms with Gasteiger partial charge in [0.15, 0.2) is 0 Å². The summed E-state index contributed by atoms with van der Waals surface area (Å²) in [6.45, 7) is 0.507. The Bertz CT molecular complexity index is 422. The van der Waals surface area contributed by atoms with Gasteiger partial charge in [-0.15, -0.1) is 0 Å². The molecule has 0 spiro atoms. The van der Waals surface area contributed by atoms with Crippen LogP contribution in [-0.4, -0.2) is 0 Å². The van der Waals surface area contributed by atoms with Crippen molar-refractivity contribution in [2.24, 2.45) is 5.73 Å². The Kier molecular flexibility index (Phi) is 2.29. The van der Waals surface area contributed by atoms with Gasteiger partial charge in [-0.1, -0.05) is 18.2 Å². The lowest BCUT2D eigenvalue weighted by atomic mass is 10.1. The number of benzene rings is 1. The summed E-state index contributed by atoms with van der Waals surface area (Å²) < 4.78 is 5.58. The fourth-order valence-corrected chi connectivity index (χ4v) is 1.76. The van der Waals surface area contributed by atoms with E-state index in [2.05, 4.69) is 12.6 Å². The summed E-state index contributed by atoms with van der Waals surface area (Å²) in [4.78, 5) is 0. The Morgan fingerprint density at radius 1 is 1.31 bits per heavy atom. The van der Waals surface area contributed by atoms with Gasteiger partial charge in [-0.05, 0) is 6.07 Å². The average Bonchev–Trinajstić information content (AvgIpc) is 2.55. The van der Waals surface area contributed by atoms with Crippen LogP contribution in [-0.2, 0) is 12.3 Å². The van der Waals surface area contributed by atoms with E-state index in [0.29, 0.717) is 12.3 Å². The second-order valence-electron chi connectivity index (χ2n) is 2.86. The van der Waals surface area contributed by atoms with Crippen LogP contribution in [0.3, 0.4) is 0 Å². The van der Waals surface area contributed by atoms with Crippen LogP contribution in [0.4, 0.5) is 0 Å². The van der Waals surface area contributed by atoms with E-state index >= 15 is 0 Å². The van der Waals surface area contributed by atoms with Crippen LogP contribution in [0.25, 0.3) is 11.0 Å². The molecular formula is C10H11NOS. The monoisotopic (exact) mass is 193 g/mol. The maximum atomic E-state index is 5.64. The minimum atomic E-state index is 0.507. The zero-order chi connectivity index (χ0) is 9.26. The van der Waals surface area contributed by atoms with Gasteiger partial charge in [0.2, 0.25) is 0 Å². The van der Waals surface area contributed by atoms with Crippen molar-refractivity contribution in [2.75, 3.05) is 0 Å². The molecule has 1 aromatic heterocycles. The van der Waals surface area contributed by atoms with Gasteiger partial charge in [0, 0.05) is 23.2 Å². The van der Waals surface area contributed by atoms with Crippen molar-refractivity contribution in [3.8, 4) is 0 Å². The fourth-order valence-electron chi connectivity index (χ4n) is 1.50. The molecule has 2 nitrogen and oxygen atoms in total. The number of hydrogen-bond donors (Lipinski definition) is 2. The van der Waals surface area contributed by atoms with E-state index in [0.717, 1.165) is 22.3 Å². The standard InChI is InChI=1S/C10H11NOS/c11-5-8-7-3-1-2-4-9(7)12-10(8)6-13/h1-4,13H,5-6,11H2. The first-order valence-corrected chi connectivity index (χ1v) is 4.80. The molecule has 0 aliphatic carbocycles. The minimum absolute atomic E-state index is 0.507. The molecule has 2 aromatic rings. The summed E-state index contributed by atoms with van der Waals surface area (Å²) >= 11 is 4.19. The third kappa shape index (κ3) is 1.34. The van der Waals surface area contributed by atoms with Gasteiger partial charge in [0.1, 0.15) is 11.3 Å². The highest BCUT2D eigenvalue weighted by molar-refractivity contribution is 7.79. The molecule has 0 amide bonds. The van der Waals surface area contributed by atoms with Crippen LogP contribution in [0.15, 0.2) is 28.7 Å². The molecule has 2 N–H and O–H groups in total. The van der Waals surface area contributed by atoms with Crippen molar-refractivity contribution in [1.29, 1.82) is 0 Å². The molecule has 68 valence electrons. The number of para-hydroxylation sites is 1. The van der Waals surface area contributed by atoms with Gasteiger partial charge in [-0.2, -0.15) is 12.6 Å². The summed E-state index contributed by atoms with van der Waals surface area (Å²) in [5.74, 6) is 1.48. The normalized spacial score (nSPS) is 10.9. The van der Waals surface area contributed by atoms with Crippen LogP contribution in [0.5, 0.6) is 0 Å². The van der Waals surface area contributed by atoms with Crippen molar-refractivity contribution >= 4 is 23.6 Å². The lowest BCUT2D eigenvalue weighted by molar-refractivity contribution is 0.568. The SMILES string of the molecule is NCc1c(CS)oc2ccccc12. The van der Waals surface area contributed by atoms with E-state index in [1.165, 1.54) is 0 Å². The summed E-state index contributed by atoms with van der Waals surface area (Å²) in [6.07, 6.45) is 0. The Balaban J connectivity index is 2.73. The molecule has 0 radical (unpaired) electrons. The van der Waals surface area contributed by atoms with Gasteiger partial charge in [0.25, 0.3) is 0 Å². The Labute approximate surface area is 82.1 Å². The minimum Gasteiger partial charge on any atom is -0.460 e. The second-order valence-corrected chi connectivity index (χ2v) is 3.18. The molecule has 0 saturated heterocycles. The van der Waals surface area contributed by atoms with Crippen LogP contribution in [0.1, 0.15) is 11.3 Å². The topological polar surface area (TPSA) is 39.2 Å². The zero-order valence-corrected chi connectivity index (χ0v) is 8.05. The molecule has 2 rings (SSSR count). The van der Waals surface area contributed by atoms with E-state index in [4.69, 9.17) is 10.2 Å². The molecule has 1 aromatic carbocycles. The Morgan fingerprint density at radius 3 is 2.77 bits per heavy atom. The number of hydrogen-bond acceptors (Lipinski definition) is 3. The highest BCUT2D eigenvalue weighted by Crippen LogP contribution is 2.26. The van der Waals surface area contributed by atoms with Crippen molar-refractivity contribution in [1.82, 2.24) is 0 Å². The van der Waals surface area contributed by atoms with Crippen LogP contribution >= 0.6 is 12.6 Å². The summed E-state index contributed by atoms with van der Waals surface area (Å²) in [6, 6.07) is 7.91. The second kappa shape index (κ2) is 3.44. The summed E-state index contributed by atoms with van der Waals surface area (Å²) in [7, 11) is 0. The molecule has 3 heteroatoms. The average molecular weight is 193 g/mol. The molecule has 1 heterocycles. The van der Waals surface area contributed by atoms with Gasteiger partial charge in [-0.3, -0.25) is 0 Å². The van der Waals surface area contributed by atoms with Crippen molar-refractivity contribution in [3.05, 3.63) is 35.6 Å². The smallest absolute Gasteiger partial charge is 0.134 e. The maximum absolute atomic E-state index is 5.64. The molecule has 0 fully saturated rings. The molecule has 0 aliphatic rings. The number of thiol groups is 1. The predicted molar refractivity (Wildman–Crippen MR) is 56.8 cm³/mol. The molecule has 0 aliphatic heterocycles. The van der Waals surface area contributed by atoms with Crippen molar-refractivity contribution < 1.29 is 4.42 Å². The third-order valence-corrected chi connectivity index (χ3v) is 2.42. The molecular weight excluding hydrogens is 182 g/mol. The zero-order valence-electron chi connectivity index (χ0n) is 7.16. The van der Waals surface area contributed by atoms with E-state index in [9.17, 15) is 0 Å². The van der Waals surface area contributed by atoms with E-state index < -0.39 is 0 Å². The highest BCUT2D eigenvalue weighted by Gasteiger charge is 2.09.